The number of halogens is 1. The molecule has 0 saturated carbocycles. The van der Waals surface area contributed by atoms with Gasteiger partial charge in [-0.3, -0.25) is 4.79 Å². The van der Waals surface area contributed by atoms with Gasteiger partial charge in [-0.05, 0) is 42.8 Å². The van der Waals surface area contributed by atoms with Crippen LogP contribution in [0.1, 0.15) is 34.1 Å². The summed E-state index contributed by atoms with van der Waals surface area (Å²) in [6, 6.07) is 12.0. The number of guanidine groups is 1. The Morgan fingerprint density at radius 1 is 1.08 bits per heavy atom. The van der Waals surface area contributed by atoms with Gasteiger partial charge in [0.25, 0.3) is 5.91 Å². The number of nitrogens with zero attached hydrogens (tertiary/aromatic N) is 1. The predicted molar refractivity (Wildman–Crippen MR) is 121 cm³/mol. The molecule has 2 aromatic rings. The average Bonchev–Trinajstić information content (AvgIpc) is 3.15. The Labute approximate surface area is 176 Å². The fourth-order valence-electron chi connectivity index (χ4n) is 2.29. The number of aliphatic imine (C=N–C) groups is 1. The summed E-state index contributed by atoms with van der Waals surface area (Å²) in [6.45, 7) is 7.00. The molecule has 0 fully saturated rings. The number of amides is 1. The molecule has 5 nitrogen and oxygen atoms in total. The lowest BCUT2D eigenvalue weighted by Gasteiger charge is -2.12. The van der Waals surface area contributed by atoms with Crippen LogP contribution >= 0.6 is 35.3 Å². The number of hydrogen-bond acceptors (Lipinski definition) is 3. The molecule has 1 amide bonds. The van der Waals surface area contributed by atoms with Crippen molar-refractivity contribution in [2.45, 2.75) is 26.8 Å². The lowest BCUT2D eigenvalue weighted by Crippen LogP contribution is -2.38. The molecule has 2 rings (SSSR count). The van der Waals surface area contributed by atoms with E-state index in [0.29, 0.717) is 13.1 Å². The Kier molecular flexibility index (Phi) is 11.0. The first-order valence-electron chi connectivity index (χ1n) is 8.59. The van der Waals surface area contributed by atoms with E-state index >= 15 is 0 Å². The predicted octanol–water partition coefficient (Wildman–Crippen LogP) is 3.55. The first-order chi connectivity index (χ1) is 12.2. The van der Waals surface area contributed by atoms with E-state index in [0.717, 1.165) is 30.3 Å². The van der Waals surface area contributed by atoms with E-state index < -0.39 is 0 Å². The number of nitrogens with one attached hydrogen (secondary N) is 3. The van der Waals surface area contributed by atoms with E-state index in [4.69, 9.17) is 0 Å². The molecule has 0 atom stereocenters. The maximum Gasteiger partial charge on any atom is 0.261 e. The minimum atomic E-state index is -0.00451. The van der Waals surface area contributed by atoms with Gasteiger partial charge in [0, 0.05) is 19.6 Å². The molecule has 1 heterocycles. The van der Waals surface area contributed by atoms with E-state index in [2.05, 4.69) is 40.0 Å². The van der Waals surface area contributed by atoms with E-state index in [1.54, 1.807) is 0 Å². The first-order valence-corrected chi connectivity index (χ1v) is 9.47. The molecule has 0 bridgehead atoms. The van der Waals surface area contributed by atoms with Crippen molar-refractivity contribution in [1.82, 2.24) is 16.0 Å². The number of carbonyl (C=O) groups excluding carboxylic acids is 1. The third kappa shape index (κ3) is 7.74. The van der Waals surface area contributed by atoms with Crippen molar-refractivity contribution < 1.29 is 4.79 Å². The van der Waals surface area contributed by atoms with Crippen molar-refractivity contribution in [1.29, 1.82) is 0 Å². The van der Waals surface area contributed by atoms with E-state index in [1.165, 1.54) is 22.5 Å². The molecular formula is C19H27IN4OS. The minimum absolute atomic E-state index is 0. The van der Waals surface area contributed by atoms with Gasteiger partial charge in [0.15, 0.2) is 5.96 Å². The highest BCUT2D eigenvalue weighted by Crippen LogP contribution is 2.08. The van der Waals surface area contributed by atoms with Crippen LogP contribution in [0.4, 0.5) is 0 Å². The van der Waals surface area contributed by atoms with Gasteiger partial charge >= 0.3 is 0 Å². The highest BCUT2D eigenvalue weighted by molar-refractivity contribution is 14.0. The molecule has 0 aliphatic carbocycles. The van der Waals surface area contributed by atoms with Crippen molar-refractivity contribution in [3.8, 4) is 0 Å². The van der Waals surface area contributed by atoms with Crippen LogP contribution in [0.25, 0.3) is 0 Å². The summed E-state index contributed by atoms with van der Waals surface area (Å²) in [5.41, 5.74) is 2.47. The van der Waals surface area contributed by atoms with Gasteiger partial charge in [-0.2, -0.15) is 0 Å². The molecule has 3 N–H and O–H groups in total. The lowest BCUT2D eigenvalue weighted by atomic mass is 10.1. The third-order valence-electron chi connectivity index (χ3n) is 3.69. The van der Waals surface area contributed by atoms with E-state index in [9.17, 15) is 4.79 Å². The van der Waals surface area contributed by atoms with Gasteiger partial charge in [-0.25, -0.2) is 4.99 Å². The molecule has 0 radical (unpaired) electrons. The van der Waals surface area contributed by atoms with Crippen LogP contribution in [0.2, 0.25) is 0 Å². The molecule has 142 valence electrons. The largest absolute Gasteiger partial charge is 0.357 e. The normalized spacial score (nSPS) is 10.8. The SMILES string of the molecule is CCNC(=NCc1ccccc1C)NCCCNC(=O)c1cccs1.I. The fraction of sp³-hybridized carbons (Fsp3) is 0.368. The standard InChI is InChI=1S/C19H26N4OS.HI/c1-3-20-19(23-14-16-9-5-4-8-15(16)2)22-12-7-11-21-18(24)17-10-6-13-25-17;/h4-6,8-10,13H,3,7,11-12,14H2,1-2H3,(H,21,24)(H2,20,22,23);1H. The van der Waals surface area contributed by atoms with Crippen LogP contribution in [-0.2, 0) is 6.54 Å². The van der Waals surface area contributed by atoms with Gasteiger partial charge in [0.2, 0.25) is 0 Å². The Morgan fingerprint density at radius 3 is 2.54 bits per heavy atom. The van der Waals surface area contributed by atoms with Crippen LogP contribution in [0.15, 0.2) is 46.8 Å². The zero-order valence-corrected chi connectivity index (χ0v) is 18.4. The number of thiophene rings is 1. The Hall–Kier alpha value is -1.61. The monoisotopic (exact) mass is 486 g/mol. The molecule has 26 heavy (non-hydrogen) atoms. The van der Waals surface area contributed by atoms with E-state index in [1.807, 2.05) is 36.6 Å². The zero-order valence-electron chi connectivity index (χ0n) is 15.2. The summed E-state index contributed by atoms with van der Waals surface area (Å²) < 4.78 is 0. The van der Waals surface area contributed by atoms with Crippen molar-refractivity contribution in [3.63, 3.8) is 0 Å². The van der Waals surface area contributed by atoms with Crippen LogP contribution in [0.3, 0.4) is 0 Å². The molecule has 0 spiro atoms. The number of rotatable bonds is 8. The van der Waals surface area contributed by atoms with Gasteiger partial charge in [0.1, 0.15) is 0 Å². The molecule has 0 aliphatic rings. The fourth-order valence-corrected chi connectivity index (χ4v) is 2.93. The second kappa shape index (κ2) is 12.7. The number of hydrogen-bond donors (Lipinski definition) is 3. The highest BCUT2D eigenvalue weighted by Gasteiger charge is 2.05. The summed E-state index contributed by atoms with van der Waals surface area (Å²) in [4.78, 5) is 17.2. The minimum Gasteiger partial charge on any atom is -0.357 e. The quantitative estimate of drug-likeness (QED) is 0.232. The number of carbonyl (C=O) groups is 1. The van der Waals surface area contributed by atoms with Gasteiger partial charge in [-0.1, -0.05) is 30.3 Å². The molecule has 0 saturated heterocycles. The zero-order chi connectivity index (χ0) is 17.9. The van der Waals surface area contributed by atoms with Crippen molar-refractivity contribution in [3.05, 3.63) is 57.8 Å². The number of aryl methyl sites for hydroxylation is 1. The summed E-state index contributed by atoms with van der Waals surface area (Å²) in [5, 5.41) is 11.4. The smallest absolute Gasteiger partial charge is 0.261 e. The maximum atomic E-state index is 11.8. The maximum absolute atomic E-state index is 11.8. The third-order valence-corrected chi connectivity index (χ3v) is 4.56. The van der Waals surface area contributed by atoms with Crippen LogP contribution in [-0.4, -0.2) is 31.5 Å². The molecular weight excluding hydrogens is 459 g/mol. The summed E-state index contributed by atoms with van der Waals surface area (Å²) >= 11 is 1.46. The van der Waals surface area contributed by atoms with E-state index in [-0.39, 0.29) is 29.9 Å². The lowest BCUT2D eigenvalue weighted by molar-refractivity contribution is 0.0957. The van der Waals surface area contributed by atoms with Gasteiger partial charge in [0.05, 0.1) is 11.4 Å². The summed E-state index contributed by atoms with van der Waals surface area (Å²) in [6.07, 6.45) is 0.839. The molecule has 0 aliphatic heterocycles. The Bertz CT molecular complexity index is 689. The van der Waals surface area contributed by atoms with Crippen molar-refractivity contribution >= 4 is 47.2 Å². The molecule has 0 unspecified atom stereocenters. The Morgan fingerprint density at radius 2 is 1.85 bits per heavy atom. The molecule has 1 aromatic heterocycles. The Balaban J connectivity index is 0.00000338. The van der Waals surface area contributed by atoms with Gasteiger partial charge in [-0.15, -0.1) is 35.3 Å². The van der Waals surface area contributed by atoms with Crippen molar-refractivity contribution in [2.75, 3.05) is 19.6 Å². The molecule has 1 aromatic carbocycles. The highest BCUT2D eigenvalue weighted by atomic mass is 127. The average molecular weight is 486 g/mol. The second-order valence-electron chi connectivity index (χ2n) is 5.64. The first kappa shape index (κ1) is 22.4. The van der Waals surface area contributed by atoms with Crippen LogP contribution < -0.4 is 16.0 Å². The van der Waals surface area contributed by atoms with Crippen LogP contribution in [0, 0.1) is 6.92 Å². The summed E-state index contributed by atoms with van der Waals surface area (Å²) in [5.74, 6) is 0.797. The topological polar surface area (TPSA) is 65.5 Å². The van der Waals surface area contributed by atoms with Crippen LogP contribution in [0.5, 0.6) is 0 Å². The molecule has 7 heteroatoms. The van der Waals surface area contributed by atoms with Gasteiger partial charge < -0.3 is 16.0 Å². The second-order valence-corrected chi connectivity index (χ2v) is 6.58. The number of benzene rings is 1. The van der Waals surface area contributed by atoms with Crippen molar-refractivity contribution in [2.24, 2.45) is 4.99 Å². The summed E-state index contributed by atoms with van der Waals surface area (Å²) in [7, 11) is 0.